The van der Waals surface area contributed by atoms with Crippen LogP contribution in [0.4, 0.5) is 0 Å². The Labute approximate surface area is 165 Å². The topological polar surface area (TPSA) is 68.4 Å². The number of nitrogens with two attached hydrogens (primary N) is 1. The molecule has 1 aliphatic rings. The lowest BCUT2D eigenvalue weighted by molar-refractivity contribution is -0.122. The molecule has 28 heavy (non-hydrogen) atoms. The first-order valence-electron chi connectivity index (χ1n) is 9.64. The van der Waals surface area contributed by atoms with Gasteiger partial charge in [0.2, 0.25) is 5.91 Å². The second-order valence-corrected chi connectivity index (χ2v) is 7.40. The summed E-state index contributed by atoms with van der Waals surface area (Å²) < 4.78 is 5.29. The Morgan fingerprint density at radius 3 is 2.75 bits per heavy atom. The molecule has 5 nitrogen and oxygen atoms in total. The average molecular weight is 375 g/mol. The highest BCUT2D eigenvalue weighted by Crippen LogP contribution is 2.31. The van der Waals surface area contributed by atoms with E-state index < -0.39 is 0 Å². The number of hydrogen-bond acceptors (Lipinski definition) is 4. The zero-order chi connectivity index (χ0) is 19.7. The van der Waals surface area contributed by atoms with Crippen molar-refractivity contribution in [2.45, 2.75) is 32.4 Å². The largest absolute Gasteiger partial charge is 0.497 e. The van der Waals surface area contributed by atoms with Crippen molar-refractivity contribution >= 4 is 16.8 Å². The van der Waals surface area contributed by atoms with Crippen LogP contribution in [0, 0.1) is 6.92 Å². The molecule has 1 amide bonds. The van der Waals surface area contributed by atoms with Crippen LogP contribution < -0.4 is 10.5 Å². The summed E-state index contributed by atoms with van der Waals surface area (Å²) in [6.07, 6.45) is 1.82. The van der Waals surface area contributed by atoms with Crippen molar-refractivity contribution in [3.8, 4) is 17.0 Å². The van der Waals surface area contributed by atoms with Gasteiger partial charge in [-0.05, 0) is 67.8 Å². The van der Waals surface area contributed by atoms with E-state index in [0.717, 1.165) is 58.4 Å². The summed E-state index contributed by atoms with van der Waals surface area (Å²) in [6.45, 7) is 3.61. The number of methoxy groups -OCH3 is 1. The van der Waals surface area contributed by atoms with Gasteiger partial charge in [-0.2, -0.15) is 0 Å². The van der Waals surface area contributed by atoms with Crippen molar-refractivity contribution in [1.29, 1.82) is 0 Å². The number of rotatable bonds is 5. The highest BCUT2D eigenvalue weighted by molar-refractivity contribution is 5.86. The Kier molecular flexibility index (Phi) is 5.01. The second-order valence-electron chi connectivity index (χ2n) is 7.40. The molecule has 0 spiro atoms. The lowest BCUT2D eigenvalue weighted by Crippen LogP contribution is -2.39. The van der Waals surface area contributed by atoms with Crippen molar-refractivity contribution in [3.05, 3.63) is 59.7 Å². The highest BCUT2D eigenvalue weighted by Gasteiger charge is 2.29. The number of likely N-dealkylation sites (tertiary alicyclic amines) is 1. The van der Waals surface area contributed by atoms with Crippen LogP contribution in [-0.2, 0) is 11.3 Å². The third-order valence-corrected chi connectivity index (χ3v) is 5.56. The Bertz CT molecular complexity index is 1010. The normalized spacial score (nSPS) is 17.1. The summed E-state index contributed by atoms with van der Waals surface area (Å²) in [4.78, 5) is 19.0. The van der Waals surface area contributed by atoms with E-state index in [1.54, 1.807) is 7.11 Å². The molecule has 1 atom stereocenters. The number of ether oxygens (including phenoxy) is 1. The molecule has 0 aliphatic carbocycles. The van der Waals surface area contributed by atoms with Gasteiger partial charge in [0.25, 0.3) is 0 Å². The van der Waals surface area contributed by atoms with E-state index in [-0.39, 0.29) is 11.9 Å². The molecule has 1 aliphatic heterocycles. The number of nitrogens with zero attached hydrogens (tertiary/aromatic N) is 2. The lowest BCUT2D eigenvalue weighted by Gasteiger charge is -2.23. The van der Waals surface area contributed by atoms with Gasteiger partial charge in [0.05, 0.1) is 24.4 Å². The molecule has 2 aromatic carbocycles. The van der Waals surface area contributed by atoms with Crippen LogP contribution in [-0.4, -0.2) is 35.5 Å². The monoisotopic (exact) mass is 375 g/mol. The van der Waals surface area contributed by atoms with Gasteiger partial charge in [-0.3, -0.25) is 9.69 Å². The maximum atomic E-state index is 11.8. The number of hydrogen-bond donors (Lipinski definition) is 1. The molecule has 0 saturated carbocycles. The van der Waals surface area contributed by atoms with E-state index in [2.05, 4.69) is 36.1 Å². The van der Waals surface area contributed by atoms with E-state index in [4.69, 9.17) is 15.5 Å². The number of amides is 1. The fraction of sp³-hybridized carbons (Fsp3) is 0.304. The first kappa shape index (κ1) is 18.4. The predicted molar refractivity (Wildman–Crippen MR) is 111 cm³/mol. The molecule has 0 radical (unpaired) electrons. The van der Waals surface area contributed by atoms with Crippen molar-refractivity contribution in [2.75, 3.05) is 13.7 Å². The van der Waals surface area contributed by atoms with Crippen molar-refractivity contribution in [3.63, 3.8) is 0 Å². The fourth-order valence-corrected chi connectivity index (χ4v) is 4.07. The summed E-state index contributed by atoms with van der Waals surface area (Å²) in [5, 5.41) is 1.11. The number of fused-ring (bicyclic) bond motifs is 1. The maximum absolute atomic E-state index is 11.8. The number of pyridine rings is 1. The van der Waals surface area contributed by atoms with E-state index in [1.165, 1.54) is 0 Å². The molecule has 2 heterocycles. The molecule has 1 aromatic heterocycles. The quantitative estimate of drug-likeness (QED) is 0.739. The summed E-state index contributed by atoms with van der Waals surface area (Å²) in [5.74, 6) is 0.573. The van der Waals surface area contributed by atoms with Crippen molar-refractivity contribution in [2.24, 2.45) is 5.73 Å². The summed E-state index contributed by atoms with van der Waals surface area (Å²) in [6, 6.07) is 16.2. The Morgan fingerprint density at radius 2 is 2.04 bits per heavy atom. The minimum Gasteiger partial charge on any atom is -0.497 e. The number of primary amides is 1. The molecule has 4 rings (SSSR count). The molecule has 0 unspecified atom stereocenters. The number of aryl methyl sites for hydroxylation is 1. The molecule has 3 aromatic rings. The maximum Gasteiger partial charge on any atom is 0.234 e. The molecule has 1 fully saturated rings. The van der Waals surface area contributed by atoms with E-state index in [1.807, 2.05) is 24.3 Å². The number of benzene rings is 2. The summed E-state index contributed by atoms with van der Waals surface area (Å²) >= 11 is 0. The number of aromatic nitrogens is 1. The van der Waals surface area contributed by atoms with Crippen molar-refractivity contribution < 1.29 is 9.53 Å². The van der Waals surface area contributed by atoms with Gasteiger partial charge in [0.15, 0.2) is 0 Å². The highest BCUT2D eigenvalue weighted by atomic mass is 16.5. The van der Waals surface area contributed by atoms with Crippen LogP contribution in [0.3, 0.4) is 0 Å². The van der Waals surface area contributed by atoms with Crippen molar-refractivity contribution in [1.82, 2.24) is 9.88 Å². The molecular weight excluding hydrogens is 350 g/mol. The van der Waals surface area contributed by atoms with Gasteiger partial charge in [0.1, 0.15) is 5.75 Å². The summed E-state index contributed by atoms with van der Waals surface area (Å²) in [7, 11) is 1.66. The van der Waals surface area contributed by atoms with Crippen LogP contribution in [0.5, 0.6) is 5.75 Å². The van der Waals surface area contributed by atoms with Crippen LogP contribution in [0.2, 0.25) is 0 Å². The zero-order valence-corrected chi connectivity index (χ0v) is 16.3. The minimum atomic E-state index is -0.243. The third-order valence-electron chi connectivity index (χ3n) is 5.56. The van der Waals surface area contributed by atoms with E-state index in [9.17, 15) is 4.79 Å². The fourth-order valence-electron chi connectivity index (χ4n) is 4.07. The van der Waals surface area contributed by atoms with Gasteiger partial charge < -0.3 is 10.5 Å². The number of carbonyl (C=O) groups is 1. The van der Waals surface area contributed by atoms with Gasteiger partial charge in [-0.1, -0.05) is 18.2 Å². The standard InChI is InChI=1S/C23H25N3O2/c1-15-5-3-6-17-13-18(14-26-12-4-7-20(26)23(24)27)22(25-21(15)17)16-8-10-19(28-2)11-9-16/h3,5-6,8-11,13,20H,4,7,12,14H2,1-2H3,(H2,24,27)/t20-/m1/s1. The SMILES string of the molecule is COc1ccc(-c2nc3c(C)cccc3cc2CN2CCC[C@@H]2C(N)=O)cc1. The third kappa shape index (κ3) is 3.45. The molecular formula is C23H25N3O2. The van der Waals surface area contributed by atoms with Crippen LogP contribution in [0.25, 0.3) is 22.2 Å². The smallest absolute Gasteiger partial charge is 0.234 e. The van der Waals surface area contributed by atoms with Crippen LogP contribution in [0.1, 0.15) is 24.0 Å². The van der Waals surface area contributed by atoms with Crippen LogP contribution in [0.15, 0.2) is 48.5 Å². The molecule has 0 bridgehead atoms. The first-order valence-corrected chi connectivity index (χ1v) is 9.64. The first-order chi connectivity index (χ1) is 13.6. The Morgan fingerprint density at radius 1 is 1.25 bits per heavy atom. The molecule has 5 heteroatoms. The van der Waals surface area contributed by atoms with Crippen LogP contribution >= 0.6 is 0 Å². The van der Waals surface area contributed by atoms with E-state index in [0.29, 0.717) is 6.54 Å². The second kappa shape index (κ2) is 7.60. The van der Waals surface area contributed by atoms with Gasteiger partial charge in [-0.25, -0.2) is 4.98 Å². The zero-order valence-electron chi connectivity index (χ0n) is 16.3. The van der Waals surface area contributed by atoms with Gasteiger partial charge in [0, 0.05) is 17.5 Å². The predicted octanol–water partition coefficient (Wildman–Crippen LogP) is 3.67. The Balaban J connectivity index is 1.81. The number of carbonyl (C=O) groups excluding carboxylic acids is 1. The summed E-state index contributed by atoms with van der Waals surface area (Å²) in [5.41, 5.74) is 10.9. The number of para-hydroxylation sites is 1. The molecule has 144 valence electrons. The van der Waals surface area contributed by atoms with Gasteiger partial charge >= 0.3 is 0 Å². The Hall–Kier alpha value is -2.92. The molecule has 1 saturated heterocycles. The minimum absolute atomic E-state index is 0.197. The van der Waals surface area contributed by atoms with Gasteiger partial charge in [-0.15, -0.1) is 0 Å². The molecule has 2 N–H and O–H groups in total. The van der Waals surface area contributed by atoms with E-state index >= 15 is 0 Å². The lowest BCUT2D eigenvalue weighted by atomic mass is 10.0. The average Bonchev–Trinajstić information content (AvgIpc) is 3.16.